The highest BCUT2D eigenvalue weighted by Crippen LogP contribution is 2.38. The van der Waals surface area contributed by atoms with E-state index in [1.165, 1.54) is 17.7 Å². The number of piperidine rings is 1. The van der Waals surface area contributed by atoms with Crippen molar-refractivity contribution in [3.8, 4) is 0 Å². The van der Waals surface area contributed by atoms with Gasteiger partial charge in [0.15, 0.2) is 0 Å². The number of nitrogens with one attached hydrogen (secondary N) is 1. The number of nitrogens with two attached hydrogens (primary N) is 1. The van der Waals surface area contributed by atoms with Crippen molar-refractivity contribution in [3.05, 3.63) is 30.3 Å². The van der Waals surface area contributed by atoms with E-state index in [-0.39, 0.29) is 4.75 Å². The van der Waals surface area contributed by atoms with E-state index in [0.717, 1.165) is 19.6 Å². The van der Waals surface area contributed by atoms with Crippen molar-refractivity contribution in [2.45, 2.75) is 22.5 Å². The second kappa shape index (κ2) is 5.01. The van der Waals surface area contributed by atoms with Gasteiger partial charge in [-0.2, -0.15) is 0 Å². The van der Waals surface area contributed by atoms with Crippen LogP contribution in [0.2, 0.25) is 0 Å². The quantitative estimate of drug-likeness (QED) is 0.820. The molecular formula is C12H18N2S. The standard InChI is InChI=1S/C12H18N2S/c13-10-12(6-8-14-9-7-12)15-11-4-2-1-3-5-11/h1-5,14H,6-10,13H2. The zero-order chi connectivity index (χ0) is 10.6. The van der Waals surface area contributed by atoms with Crippen LogP contribution >= 0.6 is 11.8 Å². The minimum absolute atomic E-state index is 0.257. The lowest BCUT2D eigenvalue weighted by Crippen LogP contribution is -2.44. The smallest absolute Gasteiger partial charge is 0.0353 e. The van der Waals surface area contributed by atoms with Crippen LogP contribution in [0.25, 0.3) is 0 Å². The van der Waals surface area contributed by atoms with Gasteiger partial charge in [0, 0.05) is 16.2 Å². The van der Waals surface area contributed by atoms with Gasteiger partial charge in [0.05, 0.1) is 0 Å². The fourth-order valence-corrected chi connectivity index (χ4v) is 3.25. The molecule has 1 aromatic rings. The van der Waals surface area contributed by atoms with Gasteiger partial charge in [0.2, 0.25) is 0 Å². The highest BCUT2D eigenvalue weighted by atomic mass is 32.2. The van der Waals surface area contributed by atoms with E-state index < -0.39 is 0 Å². The van der Waals surface area contributed by atoms with Gasteiger partial charge in [0.25, 0.3) is 0 Å². The van der Waals surface area contributed by atoms with Crippen LogP contribution in [0, 0.1) is 0 Å². The Morgan fingerprint density at radius 3 is 2.47 bits per heavy atom. The van der Waals surface area contributed by atoms with E-state index in [9.17, 15) is 0 Å². The third-order valence-electron chi connectivity index (χ3n) is 2.96. The van der Waals surface area contributed by atoms with Crippen molar-refractivity contribution >= 4 is 11.8 Å². The second-order valence-electron chi connectivity index (χ2n) is 4.05. The SMILES string of the molecule is NCC1(Sc2ccccc2)CCNCC1. The van der Waals surface area contributed by atoms with Gasteiger partial charge in [-0.25, -0.2) is 0 Å². The molecule has 0 saturated carbocycles. The Kier molecular flexibility index (Phi) is 3.67. The number of hydrogen-bond donors (Lipinski definition) is 2. The van der Waals surface area contributed by atoms with E-state index in [0.29, 0.717) is 0 Å². The van der Waals surface area contributed by atoms with Gasteiger partial charge in [-0.15, -0.1) is 11.8 Å². The fraction of sp³-hybridized carbons (Fsp3) is 0.500. The molecule has 1 aromatic carbocycles. The van der Waals surface area contributed by atoms with Gasteiger partial charge in [0.1, 0.15) is 0 Å². The van der Waals surface area contributed by atoms with Crippen molar-refractivity contribution in [1.82, 2.24) is 5.32 Å². The number of thioether (sulfide) groups is 1. The number of hydrogen-bond acceptors (Lipinski definition) is 3. The molecule has 1 aliphatic rings. The van der Waals surface area contributed by atoms with Crippen molar-refractivity contribution in [2.75, 3.05) is 19.6 Å². The summed E-state index contributed by atoms with van der Waals surface area (Å²) in [5.41, 5.74) is 5.94. The molecule has 0 radical (unpaired) electrons. The monoisotopic (exact) mass is 222 g/mol. The first kappa shape index (κ1) is 11.0. The Morgan fingerprint density at radius 1 is 1.20 bits per heavy atom. The molecule has 2 rings (SSSR count). The number of rotatable bonds is 3. The van der Waals surface area contributed by atoms with Crippen LogP contribution in [0.15, 0.2) is 35.2 Å². The highest BCUT2D eigenvalue weighted by molar-refractivity contribution is 8.00. The van der Waals surface area contributed by atoms with Gasteiger partial charge in [-0.1, -0.05) is 18.2 Å². The summed E-state index contributed by atoms with van der Waals surface area (Å²) in [6.45, 7) is 2.96. The van der Waals surface area contributed by atoms with Crippen molar-refractivity contribution < 1.29 is 0 Å². The summed E-state index contributed by atoms with van der Waals surface area (Å²) in [6, 6.07) is 10.6. The Bertz CT molecular complexity index is 294. The van der Waals surface area contributed by atoms with Gasteiger partial charge >= 0.3 is 0 Å². The van der Waals surface area contributed by atoms with E-state index in [1.54, 1.807) is 0 Å². The number of benzene rings is 1. The van der Waals surface area contributed by atoms with Crippen molar-refractivity contribution in [3.63, 3.8) is 0 Å². The van der Waals surface area contributed by atoms with Gasteiger partial charge < -0.3 is 11.1 Å². The molecule has 1 aliphatic heterocycles. The van der Waals surface area contributed by atoms with E-state index in [2.05, 4.69) is 35.6 Å². The maximum Gasteiger partial charge on any atom is 0.0353 e. The maximum atomic E-state index is 5.94. The van der Waals surface area contributed by atoms with E-state index in [4.69, 9.17) is 5.73 Å². The second-order valence-corrected chi connectivity index (χ2v) is 5.59. The molecule has 1 saturated heterocycles. The molecule has 0 atom stereocenters. The van der Waals surface area contributed by atoms with Crippen LogP contribution in [0.3, 0.4) is 0 Å². The largest absolute Gasteiger partial charge is 0.329 e. The third kappa shape index (κ3) is 2.74. The molecule has 0 aromatic heterocycles. The first-order valence-electron chi connectivity index (χ1n) is 5.49. The highest BCUT2D eigenvalue weighted by Gasteiger charge is 2.31. The first-order valence-corrected chi connectivity index (χ1v) is 6.31. The summed E-state index contributed by atoms with van der Waals surface area (Å²) in [5, 5.41) is 3.39. The van der Waals surface area contributed by atoms with E-state index >= 15 is 0 Å². The Hall–Kier alpha value is -0.510. The molecule has 0 bridgehead atoms. The van der Waals surface area contributed by atoms with Crippen LogP contribution in [0.1, 0.15) is 12.8 Å². The topological polar surface area (TPSA) is 38.0 Å². The minimum Gasteiger partial charge on any atom is -0.329 e. The van der Waals surface area contributed by atoms with Gasteiger partial charge in [-0.3, -0.25) is 0 Å². The van der Waals surface area contributed by atoms with Crippen LogP contribution in [0.5, 0.6) is 0 Å². The molecule has 3 heteroatoms. The normalized spacial score (nSPS) is 20.1. The van der Waals surface area contributed by atoms with Crippen molar-refractivity contribution in [1.29, 1.82) is 0 Å². The Balaban J connectivity index is 2.07. The molecular weight excluding hydrogens is 204 g/mol. The van der Waals surface area contributed by atoms with Crippen LogP contribution in [-0.2, 0) is 0 Å². The lowest BCUT2D eigenvalue weighted by atomic mass is 9.97. The van der Waals surface area contributed by atoms with Gasteiger partial charge in [-0.05, 0) is 38.1 Å². The first-order chi connectivity index (χ1) is 7.35. The van der Waals surface area contributed by atoms with E-state index in [1.807, 2.05) is 11.8 Å². The summed E-state index contributed by atoms with van der Waals surface area (Å²) in [4.78, 5) is 1.34. The predicted molar refractivity (Wildman–Crippen MR) is 66.2 cm³/mol. The molecule has 2 nitrogen and oxygen atoms in total. The lowest BCUT2D eigenvalue weighted by molar-refractivity contribution is 0.420. The third-order valence-corrected chi connectivity index (χ3v) is 4.48. The zero-order valence-electron chi connectivity index (χ0n) is 8.91. The Labute approximate surface area is 95.6 Å². The summed E-state index contributed by atoms with van der Waals surface area (Å²) >= 11 is 1.95. The van der Waals surface area contributed by atoms with Crippen molar-refractivity contribution in [2.24, 2.45) is 5.73 Å². The molecule has 82 valence electrons. The summed E-state index contributed by atoms with van der Waals surface area (Å²) in [6.07, 6.45) is 2.34. The molecule has 3 N–H and O–H groups in total. The predicted octanol–water partition coefficient (Wildman–Crippen LogP) is 1.86. The average Bonchev–Trinajstić information content (AvgIpc) is 2.32. The molecule has 15 heavy (non-hydrogen) atoms. The van der Waals surface area contributed by atoms with Crippen LogP contribution in [-0.4, -0.2) is 24.4 Å². The maximum absolute atomic E-state index is 5.94. The summed E-state index contributed by atoms with van der Waals surface area (Å²) in [7, 11) is 0. The average molecular weight is 222 g/mol. The minimum atomic E-state index is 0.257. The Morgan fingerprint density at radius 2 is 1.87 bits per heavy atom. The molecule has 1 heterocycles. The summed E-state index contributed by atoms with van der Waals surface area (Å²) < 4.78 is 0.257. The summed E-state index contributed by atoms with van der Waals surface area (Å²) in [5.74, 6) is 0. The molecule has 0 unspecified atom stereocenters. The fourth-order valence-electron chi connectivity index (χ4n) is 1.97. The van der Waals surface area contributed by atoms with Crippen LogP contribution in [0.4, 0.5) is 0 Å². The molecule has 0 spiro atoms. The molecule has 0 aliphatic carbocycles. The molecule has 0 amide bonds. The lowest BCUT2D eigenvalue weighted by Gasteiger charge is -2.35. The molecule has 1 fully saturated rings. The van der Waals surface area contributed by atoms with Crippen LogP contribution < -0.4 is 11.1 Å². The zero-order valence-corrected chi connectivity index (χ0v) is 9.72.